The van der Waals surface area contributed by atoms with Gasteiger partial charge in [0, 0.05) is 31.8 Å². The molecule has 0 saturated carbocycles. The lowest BCUT2D eigenvalue weighted by atomic mass is 9.79. The van der Waals surface area contributed by atoms with Gasteiger partial charge in [-0.05, 0) is 30.8 Å². The Bertz CT molecular complexity index is 625. The number of esters is 1. The van der Waals surface area contributed by atoms with E-state index >= 15 is 0 Å². The van der Waals surface area contributed by atoms with E-state index in [2.05, 4.69) is 13.5 Å². The van der Waals surface area contributed by atoms with Gasteiger partial charge in [-0.25, -0.2) is 0 Å². The maximum Gasteiger partial charge on any atom is 0.305 e. The molecule has 0 spiro atoms. The monoisotopic (exact) mass is 442 g/mol. The van der Waals surface area contributed by atoms with E-state index < -0.39 is 24.4 Å². The van der Waals surface area contributed by atoms with Crippen molar-refractivity contribution in [1.82, 2.24) is 0 Å². The van der Waals surface area contributed by atoms with E-state index in [-0.39, 0.29) is 48.8 Å². The van der Waals surface area contributed by atoms with E-state index in [0.717, 1.165) is 12.0 Å². The summed E-state index contributed by atoms with van der Waals surface area (Å²) in [5.74, 6) is -0.188. The summed E-state index contributed by atoms with van der Waals surface area (Å²) in [6, 6.07) is 0. The molecule has 0 radical (unpaired) electrons. The van der Waals surface area contributed by atoms with E-state index in [1.54, 1.807) is 0 Å². The molecule has 178 valence electrons. The number of carbonyl (C=O) groups excluding carboxylic acids is 1. The average Bonchev–Trinajstić information content (AvgIpc) is 2.74. The average molecular weight is 443 g/mol. The van der Waals surface area contributed by atoms with Gasteiger partial charge in [0.2, 0.25) is 0 Å². The Morgan fingerprint density at radius 1 is 1.13 bits per heavy atom. The van der Waals surface area contributed by atoms with Crippen LogP contribution in [0.3, 0.4) is 0 Å². The summed E-state index contributed by atoms with van der Waals surface area (Å²) >= 11 is 0. The van der Waals surface area contributed by atoms with Crippen molar-refractivity contribution in [3.63, 3.8) is 0 Å². The van der Waals surface area contributed by atoms with E-state index in [9.17, 15) is 20.1 Å². The summed E-state index contributed by atoms with van der Waals surface area (Å²) in [5.41, 5.74) is 0.975. The molecule has 0 aromatic rings. The highest BCUT2D eigenvalue weighted by Crippen LogP contribution is 2.40. The first-order valence-corrected chi connectivity index (χ1v) is 11.4. The molecular weight excluding hydrogens is 404 g/mol. The Balaban J connectivity index is 1.63. The minimum atomic E-state index is -0.742. The Kier molecular flexibility index (Phi) is 8.51. The molecule has 8 heteroatoms. The van der Waals surface area contributed by atoms with Crippen molar-refractivity contribution >= 4 is 5.97 Å². The smallest absolute Gasteiger partial charge is 0.305 e. The maximum absolute atomic E-state index is 11.5. The van der Waals surface area contributed by atoms with Crippen molar-refractivity contribution < 1.29 is 39.1 Å². The van der Waals surface area contributed by atoms with E-state index in [1.807, 2.05) is 6.92 Å². The summed E-state index contributed by atoms with van der Waals surface area (Å²) in [6.45, 7) is 8.19. The van der Waals surface area contributed by atoms with Crippen LogP contribution in [0.15, 0.2) is 12.2 Å². The van der Waals surface area contributed by atoms with Crippen LogP contribution in [0.2, 0.25) is 0 Å². The molecule has 0 amide bonds. The zero-order valence-corrected chi connectivity index (χ0v) is 18.8. The van der Waals surface area contributed by atoms with Crippen molar-refractivity contribution in [2.24, 2.45) is 11.8 Å². The van der Waals surface area contributed by atoms with Crippen molar-refractivity contribution in [3.05, 3.63) is 12.2 Å². The predicted molar refractivity (Wildman–Crippen MR) is 112 cm³/mol. The van der Waals surface area contributed by atoms with Crippen LogP contribution in [0.4, 0.5) is 0 Å². The van der Waals surface area contributed by atoms with Crippen LogP contribution in [0.5, 0.6) is 0 Å². The quantitative estimate of drug-likeness (QED) is 0.400. The third-order valence-corrected chi connectivity index (χ3v) is 7.17. The third-order valence-electron chi connectivity index (χ3n) is 7.17. The first kappa shape index (κ1) is 24.6. The number of fused-ring (bicyclic) bond motifs is 1. The molecule has 3 rings (SSSR count). The molecule has 0 aliphatic carbocycles. The normalized spacial score (nSPS) is 43.4. The van der Waals surface area contributed by atoms with Gasteiger partial charge in [-0.1, -0.05) is 20.4 Å². The second-order valence-corrected chi connectivity index (χ2v) is 9.33. The van der Waals surface area contributed by atoms with Crippen molar-refractivity contribution in [2.75, 3.05) is 13.7 Å². The summed E-state index contributed by atoms with van der Waals surface area (Å²) in [7, 11) is 1.38. The zero-order valence-electron chi connectivity index (χ0n) is 18.8. The van der Waals surface area contributed by atoms with Crippen LogP contribution in [-0.2, 0) is 23.7 Å². The highest BCUT2D eigenvalue weighted by Gasteiger charge is 2.49. The Labute approximate surface area is 184 Å². The van der Waals surface area contributed by atoms with Crippen LogP contribution in [-0.4, -0.2) is 83.8 Å². The van der Waals surface area contributed by atoms with Gasteiger partial charge >= 0.3 is 5.97 Å². The third kappa shape index (κ3) is 5.67. The van der Waals surface area contributed by atoms with Gasteiger partial charge < -0.3 is 34.3 Å². The summed E-state index contributed by atoms with van der Waals surface area (Å²) in [4.78, 5) is 11.5. The molecule has 3 N–H and O–H groups in total. The van der Waals surface area contributed by atoms with Gasteiger partial charge in [-0.15, -0.1) is 0 Å². The molecular formula is C23H38O8. The second kappa shape index (κ2) is 10.7. The standard InChI is InChI=1S/C23H38O8/c1-12-9-15(5-6-21(26)28-4)29-18(13(12)2)11-19-22(27)14(3)23-20(30-19)10-16(25)17(31-23)7-8-24/h12,14-20,22-25,27H,2,5-11H2,1,3-4H3/t12-,14-,15+,16-,17?,18?,19+,20+,22-,23+/m1/s1. The van der Waals surface area contributed by atoms with Gasteiger partial charge in [0.05, 0.1) is 55.9 Å². The number of rotatable bonds is 7. The van der Waals surface area contributed by atoms with Crippen LogP contribution >= 0.6 is 0 Å². The van der Waals surface area contributed by atoms with Crippen LogP contribution < -0.4 is 0 Å². The minimum absolute atomic E-state index is 0.0595. The molecule has 2 unspecified atom stereocenters. The summed E-state index contributed by atoms with van der Waals surface area (Å²) in [6.07, 6.45) is -0.432. The number of hydrogen-bond acceptors (Lipinski definition) is 8. The first-order chi connectivity index (χ1) is 14.7. The molecule has 3 aliphatic heterocycles. The molecule has 0 aromatic heterocycles. The molecule has 8 nitrogen and oxygen atoms in total. The summed E-state index contributed by atoms with van der Waals surface area (Å²) < 4.78 is 23.2. The van der Waals surface area contributed by atoms with Crippen molar-refractivity contribution in [2.45, 2.75) is 101 Å². The van der Waals surface area contributed by atoms with Crippen molar-refractivity contribution in [3.8, 4) is 0 Å². The molecule has 3 saturated heterocycles. The number of methoxy groups -OCH3 is 1. The largest absolute Gasteiger partial charge is 0.469 e. The first-order valence-electron chi connectivity index (χ1n) is 11.4. The fourth-order valence-corrected chi connectivity index (χ4v) is 5.14. The molecule has 3 fully saturated rings. The van der Waals surface area contributed by atoms with Gasteiger partial charge in [0.25, 0.3) is 0 Å². The lowest BCUT2D eigenvalue weighted by Crippen LogP contribution is -2.60. The molecule has 10 atom stereocenters. The lowest BCUT2D eigenvalue weighted by molar-refractivity contribution is -0.269. The van der Waals surface area contributed by atoms with E-state index in [0.29, 0.717) is 32.1 Å². The van der Waals surface area contributed by atoms with Crippen LogP contribution in [0.25, 0.3) is 0 Å². The minimum Gasteiger partial charge on any atom is -0.469 e. The molecule has 0 aromatic carbocycles. The lowest BCUT2D eigenvalue weighted by Gasteiger charge is -2.50. The second-order valence-electron chi connectivity index (χ2n) is 9.33. The Morgan fingerprint density at radius 3 is 2.55 bits per heavy atom. The van der Waals surface area contributed by atoms with Crippen LogP contribution in [0, 0.1) is 11.8 Å². The molecule has 3 aliphatic rings. The van der Waals surface area contributed by atoms with Crippen LogP contribution in [0.1, 0.15) is 52.4 Å². The van der Waals surface area contributed by atoms with Gasteiger partial charge in [0.15, 0.2) is 0 Å². The van der Waals surface area contributed by atoms with Gasteiger partial charge in [-0.3, -0.25) is 4.79 Å². The molecule has 3 heterocycles. The predicted octanol–water partition coefficient (Wildman–Crippen LogP) is 1.34. The Morgan fingerprint density at radius 2 is 1.87 bits per heavy atom. The fourth-order valence-electron chi connectivity index (χ4n) is 5.14. The maximum atomic E-state index is 11.5. The van der Waals surface area contributed by atoms with Gasteiger partial charge in [0.1, 0.15) is 0 Å². The summed E-state index contributed by atoms with van der Waals surface area (Å²) in [5, 5.41) is 30.5. The number of ether oxygens (including phenoxy) is 4. The topological polar surface area (TPSA) is 115 Å². The SMILES string of the molecule is C=C1C(C[C@@H]2O[C@H]3C[C@@H](O)C(CCO)O[C@H]3[C@H](C)[C@H]2O)O[C@@H](CCC(=O)OC)C[C@H]1C. The zero-order chi connectivity index (χ0) is 22.7. The van der Waals surface area contributed by atoms with Gasteiger partial charge in [-0.2, -0.15) is 0 Å². The highest BCUT2D eigenvalue weighted by molar-refractivity contribution is 5.69. The number of carbonyl (C=O) groups is 1. The number of aliphatic hydroxyl groups is 3. The molecule has 0 bridgehead atoms. The van der Waals surface area contributed by atoms with E-state index in [4.69, 9.17) is 18.9 Å². The fraction of sp³-hybridized carbons (Fsp3) is 0.870. The Hall–Kier alpha value is -1.03. The number of hydrogen-bond donors (Lipinski definition) is 3. The number of aliphatic hydroxyl groups excluding tert-OH is 3. The van der Waals surface area contributed by atoms with E-state index in [1.165, 1.54) is 7.11 Å². The van der Waals surface area contributed by atoms with Crippen molar-refractivity contribution in [1.29, 1.82) is 0 Å². The highest BCUT2D eigenvalue weighted by atomic mass is 16.6. The molecule has 31 heavy (non-hydrogen) atoms.